The van der Waals surface area contributed by atoms with Crippen molar-refractivity contribution in [3.05, 3.63) is 70.8 Å². The highest BCUT2D eigenvalue weighted by Gasteiger charge is 2.48. The van der Waals surface area contributed by atoms with Crippen molar-refractivity contribution in [2.75, 3.05) is 7.05 Å². The van der Waals surface area contributed by atoms with Gasteiger partial charge in [0, 0.05) is 23.7 Å². The normalized spacial score (nSPS) is 12.2. The van der Waals surface area contributed by atoms with Gasteiger partial charge in [-0.3, -0.25) is 14.8 Å². The van der Waals surface area contributed by atoms with Crippen molar-refractivity contribution in [1.82, 2.24) is 21.4 Å². The summed E-state index contributed by atoms with van der Waals surface area (Å²) in [6, 6.07) is 11.3. The third-order valence-corrected chi connectivity index (χ3v) is 4.95. The van der Waals surface area contributed by atoms with Gasteiger partial charge >= 0.3 is 6.03 Å². The monoisotopic (exact) mass is 493 g/mol. The van der Waals surface area contributed by atoms with Crippen molar-refractivity contribution < 1.29 is 28.4 Å². The molecule has 0 aliphatic carbocycles. The Morgan fingerprint density at radius 2 is 1.44 bits per heavy atom. The van der Waals surface area contributed by atoms with Crippen molar-refractivity contribution in [1.29, 1.82) is 5.26 Å². The Labute approximate surface area is 205 Å². The first-order valence-corrected chi connectivity index (χ1v) is 10.3. The lowest BCUT2D eigenvalue weighted by Crippen LogP contribution is -2.69. The minimum Gasteiger partial charge on any atom is -0.341 e. The van der Waals surface area contributed by atoms with Gasteiger partial charge in [0.1, 0.15) is 11.6 Å². The van der Waals surface area contributed by atoms with E-state index in [0.717, 1.165) is 6.92 Å². The highest BCUT2D eigenvalue weighted by Crippen LogP contribution is 2.21. The number of urea groups is 1. The number of nitrogens with one attached hydrogen (secondary N) is 4. The van der Waals surface area contributed by atoms with Gasteiger partial charge in [-0.05, 0) is 67.3 Å². The Bertz CT molecular complexity index is 1280. The average Bonchev–Trinajstić information content (AvgIpc) is 2.89. The highest BCUT2D eigenvalue weighted by atomic mass is 19.3. The third-order valence-electron chi connectivity index (χ3n) is 4.95. The largest absolute Gasteiger partial charge is 0.341 e. The first kappa shape index (κ1) is 27.3. The van der Waals surface area contributed by atoms with Gasteiger partial charge in [-0.15, -0.1) is 0 Å². The van der Waals surface area contributed by atoms with Gasteiger partial charge in [-0.2, -0.15) is 5.26 Å². The van der Waals surface area contributed by atoms with E-state index in [9.17, 15) is 23.2 Å². The van der Waals surface area contributed by atoms with Crippen LogP contribution in [0.3, 0.4) is 0 Å². The maximum absolute atomic E-state index is 13.8. The molecule has 0 radical (unpaired) electrons. The van der Waals surface area contributed by atoms with Gasteiger partial charge in [0.05, 0.1) is 11.6 Å². The average molecular weight is 493 g/mol. The number of carbonyl (C=O) groups excluding carboxylic acids is 3. The van der Waals surface area contributed by atoms with Crippen LogP contribution in [-0.4, -0.2) is 48.1 Å². The maximum atomic E-state index is 13.8. The molecule has 0 saturated carbocycles. The van der Waals surface area contributed by atoms with Gasteiger partial charge in [-0.1, -0.05) is 11.8 Å². The molecule has 0 spiro atoms. The number of hydrogen-bond donors (Lipinski definition) is 5. The quantitative estimate of drug-likeness (QED) is 0.236. The fourth-order valence-electron chi connectivity index (χ4n) is 2.87. The van der Waals surface area contributed by atoms with Crippen LogP contribution >= 0.6 is 0 Å². The van der Waals surface area contributed by atoms with Crippen LogP contribution in [0.15, 0.2) is 48.5 Å². The highest BCUT2D eigenvalue weighted by molar-refractivity contribution is 5.98. The Hall–Kier alpha value is -4.92. The number of carbonyl (C=O) groups is 3. The second-order valence-electron chi connectivity index (χ2n) is 7.44. The Balaban J connectivity index is 2.17. The van der Waals surface area contributed by atoms with E-state index in [4.69, 9.17) is 10.5 Å². The third kappa shape index (κ3) is 7.04. The molecule has 0 aliphatic rings. The molecule has 2 aromatic carbocycles. The lowest BCUT2D eigenvalue weighted by atomic mass is 9.91. The number of nitriles is 1. The van der Waals surface area contributed by atoms with Crippen molar-refractivity contribution in [3.8, 4) is 29.8 Å². The molecule has 0 fully saturated rings. The molecule has 0 saturated heterocycles. The molecule has 9 nitrogen and oxygen atoms in total. The van der Waals surface area contributed by atoms with Crippen LogP contribution in [0.25, 0.3) is 0 Å². The summed E-state index contributed by atoms with van der Waals surface area (Å²) in [6.07, 6.45) is -3.29. The van der Waals surface area contributed by atoms with Crippen LogP contribution in [0.4, 0.5) is 13.6 Å². The van der Waals surface area contributed by atoms with Gasteiger partial charge in [-0.25, -0.2) is 19.1 Å². The molecule has 184 valence electrons. The Kier molecular flexibility index (Phi) is 9.50. The smallest absolute Gasteiger partial charge is 0.315 e. The summed E-state index contributed by atoms with van der Waals surface area (Å²) < 4.78 is 27.7. The second-order valence-corrected chi connectivity index (χ2v) is 7.44. The second kappa shape index (κ2) is 12.5. The maximum Gasteiger partial charge on any atom is 0.315 e. The summed E-state index contributed by atoms with van der Waals surface area (Å²) >= 11 is 0. The van der Waals surface area contributed by atoms with E-state index in [-0.39, 0.29) is 5.56 Å². The van der Waals surface area contributed by atoms with Crippen LogP contribution in [0, 0.1) is 35.0 Å². The summed E-state index contributed by atoms with van der Waals surface area (Å²) in [5, 5.41) is 23.9. The number of rotatable bonds is 6. The molecule has 0 aromatic heterocycles. The van der Waals surface area contributed by atoms with Gasteiger partial charge in [0.15, 0.2) is 0 Å². The van der Waals surface area contributed by atoms with Gasteiger partial charge in [0.2, 0.25) is 0 Å². The van der Waals surface area contributed by atoms with Crippen molar-refractivity contribution >= 4 is 17.8 Å². The summed E-state index contributed by atoms with van der Waals surface area (Å²) in [5.41, 5.74) is 0.379. The van der Waals surface area contributed by atoms with E-state index in [1.165, 1.54) is 36.8 Å². The summed E-state index contributed by atoms with van der Waals surface area (Å²) in [5.74, 6) is 8.66. The number of nitrogens with zero attached hydrogens (tertiary/aromatic N) is 1. The molecule has 36 heavy (non-hydrogen) atoms. The number of halogens is 2. The van der Waals surface area contributed by atoms with Crippen molar-refractivity contribution in [2.24, 2.45) is 0 Å². The molecule has 5 N–H and O–H groups in total. The molecule has 11 heteroatoms. The predicted molar refractivity (Wildman–Crippen MR) is 125 cm³/mol. The molecule has 0 heterocycles. The van der Waals surface area contributed by atoms with E-state index in [1.807, 2.05) is 11.4 Å². The number of hydrogen-bond acceptors (Lipinski definition) is 5. The van der Waals surface area contributed by atoms with E-state index < -0.39 is 35.9 Å². The van der Waals surface area contributed by atoms with Crippen LogP contribution in [0.1, 0.15) is 34.0 Å². The van der Waals surface area contributed by atoms with Gasteiger partial charge < -0.3 is 16.0 Å². The topological polar surface area (TPSA) is 143 Å². The van der Waals surface area contributed by atoms with E-state index in [2.05, 4.69) is 34.3 Å². The fraction of sp³-hybridized carbons (Fsp3) is 0.200. The van der Waals surface area contributed by atoms with Crippen molar-refractivity contribution in [3.63, 3.8) is 0 Å². The van der Waals surface area contributed by atoms with E-state index in [1.54, 1.807) is 24.3 Å². The van der Waals surface area contributed by atoms with E-state index in [0.29, 0.717) is 16.7 Å². The minimum atomic E-state index is -3.29. The van der Waals surface area contributed by atoms with Crippen molar-refractivity contribution in [2.45, 2.75) is 24.9 Å². The predicted octanol–water partition coefficient (Wildman–Crippen LogP) is 1.52. The molecule has 0 bridgehead atoms. The van der Waals surface area contributed by atoms with Gasteiger partial charge in [0.25, 0.3) is 18.2 Å². The zero-order chi connectivity index (χ0) is 26.7. The number of hydroxylamine groups is 1. The Morgan fingerprint density at radius 3 is 1.89 bits per heavy atom. The van der Waals surface area contributed by atoms with Crippen LogP contribution in [0.5, 0.6) is 0 Å². The number of benzene rings is 2. The molecule has 2 atom stereocenters. The standard InChI is InChI=1S/C25H21F2N5O4/c1-25(23(26)27,31-24(35)29-2)20(22(34)32-36)30-21(33)19-13-11-17(12-14-19)6-4-3-5-16-7-9-18(15-28)10-8-16/h7-14,20,23,36H,1-2H3,(H,30,33)(H,32,34)(H2,29,31,35)/t20-,25?/m1/s1. The first-order chi connectivity index (χ1) is 17.1. The number of alkyl halides is 2. The Morgan fingerprint density at radius 1 is 0.944 bits per heavy atom. The zero-order valence-corrected chi connectivity index (χ0v) is 19.1. The summed E-state index contributed by atoms with van der Waals surface area (Å²) in [6.45, 7) is 0.852. The molecule has 2 aromatic rings. The molecule has 4 amide bonds. The summed E-state index contributed by atoms with van der Waals surface area (Å²) in [7, 11) is 1.18. The van der Waals surface area contributed by atoms with Crippen LogP contribution < -0.4 is 21.4 Å². The van der Waals surface area contributed by atoms with Crippen LogP contribution in [0.2, 0.25) is 0 Å². The first-order valence-electron chi connectivity index (χ1n) is 10.3. The fourth-order valence-corrected chi connectivity index (χ4v) is 2.87. The van der Waals surface area contributed by atoms with E-state index >= 15 is 0 Å². The van der Waals surface area contributed by atoms with Crippen LogP contribution in [-0.2, 0) is 4.79 Å². The molecule has 0 aliphatic heterocycles. The molecular weight excluding hydrogens is 472 g/mol. The lowest BCUT2D eigenvalue weighted by Gasteiger charge is -2.36. The molecular formula is C25H21F2N5O4. The zero-order valence-electron chi connectivity index (χ0n) is 19.1. The SMILES string of the molecule is CNC(=O)NC(C)(C(F)F)[C@H](NC(=O)c1ccc(C#CC#Cc2ccc(C#N)cc2)cc1)C(=O)NO. The number of amides is 4. The summed E-state index contributed by atoms with van der Waals surface area (Å²) in [4.78, 5) is 36.4. The lowest BCUT2D eigenvalue weighted by molar-refractivity contribution is -0.135. The minimum absolute atomic E-state index is 0.0107. The molecule has 2 rings (SSSR count). The molecule has 1 unspecified atom stereocenters.